The van der Waals surface area contributed by atoms with E-state index in [0.717, 1.165) is 85.5 Å². The molecule has 5 nitrogen and oxygen atoms in total. The summed E-state index contributed by atoms with van der Waals surface area (Å²) in [4.78, 5) is 23.8. The molecular formula is C32H40N4O. The molecule has 0 radical (unpaired) electrons. The zero-order valence-corrected chi connectivity index (χ0v) is 22.4. The second kappa shape index (κ2) is 7.95. The third kappa shape index (κ3) is 3.07. The van der Waals surface area contributed by atoms with Gasteiger partial charge in [-0.25, -0.2) is 0 Å². The molecule has 2 aromatic heterocycles. The molecule has 2 aliphatic heterocycles. The maximum absolute atomic E-state index is 13.6. The van der Waals surface area contributed by atoms with Crippen LogP contribution in [-0.4, -0.2) is 28.8 Å². The molecule has 4 heterocycles. The first kappa shape index (κ1) is 22.8. The van der Waals surface area contributed by atoms with Crippen molar-refractivity contribution >= 4 is 5.78 Å². The number of piperidine rings is 2. The van der Waals surface area contributed by atoms with E-state index in [-0.39, 0.29) is 22.8 Å². The first-order chi connectivity index (χ1) is 18.0. The Bertz CT molecular complexity index is 1290. The standard InChI is InChI=1S/C32H40N4O/c1-18-11-20-14-28-25(31(15-18)23(20)5-3-9-34-31)7-8-27(36-28)21-13-26-29(33-17-21)30(37)22-12-19(2)16-32(26)24(22)6-4-10-35-32/h7-8,13,17-20,22-24,34-35H,3-6,9-12,14-16H2,1-2H3/t18-,19-,20+,22-,23-,24-,31-,32-/m1/s1. The molecule has 6 aliphatic rings. The summed E-state index contributed by atoms with van der Waals surface area (Å²) in [6, 6.07) is 6.92. The number of carbonyl (C=O) groups excluding carboxylic acids is 1. The summed E-state index contributed by atoms with van der Waals surface area (Å²) >= 11 is 0. The van der Waals surface area contributed by atoms with Crippen molar-refractivity contribution in [3.8, 4) is 11.3 Å². The van der Waals surface area contributed by atoms with Gasteiger partial charge < -0.3 is 10.6 Å². The molecule has 194 valence electrons. The number of hydrogen-bond acceptors (Lipinski definition) is 5. The predicted octanol–water partition coefficient (Wildman–Crippen LogP) is 5.38. The topological polar surface area (TPSA) is 66.9 Å². The van der Waals surface area contributed by atoms with Gasteiger partial charge in [0.2, 0.25) is 0 Å². The van der Waals surface area contributed by atoms with Crippen molar-refractivity contribution in [2.75, 3.05) is 13.1 Å². The average molecular weight is 497 g/mol. The van der Waals surface area contributed by atoms with Gasteiger partial charge in [-0.05, 0) is 118 Å². The molecule has 0 spiro atoms. The fraction of sp³-hybridized carbons (Fsp3) is 0.656. The summed E-state index contributed by atoms with van der Waals surface area (Å²) < 4.78 is 0. The molecule has 4 aliphatic carbocycles. The fourth-order valence-corrected chi connectivity index (χ4v) is 10.3. The summed E-state index contributed by atoms with van der Waals surface area (Å²) in [6.45, 7) is 6.92. The van der Waals surface area contributed by atoms with Crippen LogP contribution in [0.5, 0.6) is 0 Å². The average Bonchev–Trinajstić information content (AvgIpc) is 2.90. The van der Waals surface area contributed by atoms with Crippen molar-refractivity contribution in [3.63, 3.8) is 0 Å². The highest BCUT2D eigenvalue weighted by atomic mass is 16.1. The molecule has 2 saturated heterocycles. The summed E-state index contributed by atoms with van der Waals surface area (Å²) in [6.07, 6.45) is 12.7. The van der Waals surface area contributed by atoms with E-state index in [1.54, 1.807) is 0 Å². The monoisotopic (exact) mass is 496 g/mol. The number of nitrogens with one attached hydrogen (secondary N) is 2. The smallest absolute Gasteiger partial charge is 0.184 e. The highest BCUT2D eigenvalue weighted by Crippen LogP contribution is 2.57. The normalized spacial score (nSPS) is 41.7. The van der Waals surface area contributed by atoms with E-state index in [4.69, 9.17) is 9.97 Å². The predicted molar refractivity (Wildman–Crippen MR) is 144 cm³/mol. The first-order valence-corrected chi connectivity index (χ1v) is 15.0. The highest BCUT2D eigenvalue weighted by Gasteiger charge is 2.57. The molecule has 0 amide bonds. The van der Waals surface area contributed by atoms with Gasteiger partial charge in [0.05, 0.1) is 5.69 Å². The van der Waals surface area contributed by atoms with Gasteiger partial charge >= 0.3 is 0 Å². The van der Waals surface area contributed by atoms with Gasteiger partial charge in [-0.2, -0.15) is 0 Å². The maximum Gasteiger partial charge on any atom is 0.184 e. The van der Waals surface area contributed by atoms with E-state index in [9.17, 15) is 4.79 Å². The summed E-state index contributed by atoms with van der Waals surface area (Å²) in [5.74, 6) is 3.61. The van der Waals surface area contributed by atoms with Crippen molar-refractivity contribution in [1.82, 2.24) is 20.6 Å². The molecule has 4 fully saturated rings. The Kier molecular flexibility index (Phi) is 4.91. The number of hydrogen-bond donors (Lipinski definition) is 2. The Morgan fingerprint density at radius 2 is 1.65 bits per heavy atom. The summed E-state index contributed by atoms with van der Waals surface area (Å²) in [5.41, 5.74) is 6.74. The second-order valence-electron chi connectivity index (χ2n) is 13.6. The molecule has 8 atom stereocenters. The van der Waals surface area contributed by atoms with Gasteiger partial charge in [0.1, 0.15) is 5.69 Å². The zero-order chi connectivity index (χ0) is 24.9. The number of nitrogens with zero attached hydrogens (tertiary/aromatic N) is 2. The Balaban J connectivity index is 1.23. The lowest BCUT2D eigenvalue weighted by Gasteiger charge is -2.57. The summed E-state index contributed by atoms with van der Waals surface area (Å²) in [7, 11) is 0. The maximum atomic E-state index is 13.6. The zero-order valence-electron chi connectivity index (χ0n) is 22.4. The number of Topliss-reactive ketones (excluding diaryl/α,β-unsaturated/α-hetero) is 1. The minimum absolute atomic E-state index is 0.105. The molecule has 0 aromatic carbocycles. The van der Waals surface area contributed by atoms with Crippen molar-refractivity contribution in [3.05, 3.63) is 46.9 Å². The SMILES string of the molecule is C[C@@H]1C[C@H]2Cc3nc(-c4cnc5c(c4)[C@@]46C[C@H](C)C[C@@H](C5=O)[C@H]4CCCN6)ccc3[C@]3(C1)NCCC[C@H]23. The quantitative estimate of drug-likeness (QED) is 0.555. The molecule has 2 aromatic rings. The number of rotatable bonds is 1. The third-order valence-corrected chi connectivity index (χ3v) is 11.4. The lowest BCUT2D eigenvalue weighted by molar-refractivity contribution is 0.00808. The number of ketones is 1. The van der Waals surface area contributed by atoms with Crippen LogP contribution >= 0.6 is 0 Å². The van der Waals surface area contributed by atoms with E-state index in [1.807, 2.05) is 6.20 Å². The Hall–Kier alpha value is -2.11. The van der Waals surface area contributed by atoms with Crippen LogP contribution in [0.1, 0.15) is 92.5 Å². The number of fused-ring (bicyclic) bond motifs is 2. The van der Waals surface area contributed by atoms with Gasteiger partial charge in [-0.1, -0.05) is 19.9 Å². The molecule has 37 heavy (non-hydrogen) atoms. The van der Waals surface area contributed by atoms with Crippen molar-refractivity contribution < 1.29 is 4.79 Å². The van der Waals surface area contributed by atoms with Gasteiger partial charge in [0.25, 0.3) is 0 Å². The molecule has 2 N–H and O–H groups in total. The van der Waals surface area contributed by atoms with Crippen LogP contribution in [0, 0.1) is 35.5 Å². The molecule has 0 unspecified atom stereocenters. The largest absolute Gasteiger partial charge is 0.307 e. The van der Waals surface area contributed by atoms with Crippen LogP contribution in [0.3, 0.4) is 0 Å². The lowest BCUT2D eigenvalue weighted by Crippen LogP contribution is -2.62. The van der Waals surface area contributed by atoms with Gasteiger partial charge in [-0.15, -0.1) is 0 Å². The van der Waals surface area contributed by atoms with Crippen LogP contribution in [-0.2, 0) is 17.5 Å². The Morgan fingerprint density at radius 1 is 0.919 bits per heavy atom. The number of pyridine rings is 2. The number of carbonyl (C=O) groups is 1. The van der Waals surface area contributed by atoms with E-state index in [0.29, 0.717) is 11.8 Å². The van der Waals surface area contributed by atoms with Gasteiger partial charge in [0, 0.05) is 40.0 Å². The minimum Gasteiger partial charge on any atom is -0.307 e. The van der Waals surface area contributed by atoms with Gasteiger partial charge in [-0.3, -0.25) is 14.8 Å². The van der Waals surface area contributed by atoms with E-state index in [2.05, 4.69) is 42.7 Å². The van der Waals surface area contributed by atoms with Crippen molar-refractivity contribution in [2.24, 2.45) is 35.5 Å². The fourth-order valence-electron chi connectivity index (χ4n) is 10.3. The van der Waals surface area contributed by atoms with Crippen LogP contribution in [0.15, 0.2) is 24.4 Å². The van der Waals surface area contributed by atoms with Crippen molar-refractivity contribution in [2.45, 2.75) is 82.7 Å². The third-order valence-electron chi connectivity index (χ3n) is 11.4. The Labute approximate surface area is 220 Å². The van der Waals surface area contributed by atoms with Crippen molar-refractivity contribution in [1.29, 1.82) is 0 Å². The van der Waals surface area contributed by atoms with Crippen LogP contribution in [0.4, 0.5) is 0 Å². The minimum atomic E-state index is -0.105. The first-order valence-electron chi connectivity index (χ1n) is 15.0. The summed E-state index contributed by atoms with van der Waals surface area (Å²) in [5, 5.41) is 7.96. The molecule has 8 rings (SSSR count). The highest BCUT2D eigenvalue weighted by molar-refractivity contribution is 6.00. The number of aromatic nitrogens is 2. The van der Waals surface area contributed by atoms with E-state index < -0.39 is 0 Å². The molecule has 4 bridgehead atoms. The molecule has 5 heteroatoms. The second-order valence-corrected chi connectivity index (χ2v) is 13.6. The van der Waals surface area contributed by atoms with E-state index >= 15 is 0 Å². The molecular weight excluding hydrogens is 456 g/mol. The van der Waals surface area contributed by atoms with Crippen LogP contribution in [0.25, 0.3) is 11.3 Å². The lowest BCUT2D eigenvalue weighted by atomic mass is 9.53. The van der Waals surface area contributed by atoms with Crippen LogP contribution in [0.2, 0.25) is 0 Å². The van der Waals surface area contributed by atoms with E-state index in [1.165, 1.54) is 36.9 Å². The van der Waals surface area contributed by atoms with Gasteiger partial charge in [0.15, 0.2) is 5.78 Å². The van der Waals surface area contributed by atoms with Crippen LogP contribution < -0.4 is 10.6 Å². The molecule has 2 saturated carbocycles. The Morgan fingerprint density at radius 3 is 2.46 bits per heavy atom.